The molecule has 138 valence electrons. The van der Waals surface area contributed by atoms with Crippen molar-refractivity contribution in [2.45, 2.75) is 31.7 Å². The minimum absolute atomic E-state index is 0.0268. The van der Waals surface area contributed by atoms with Crippen LogP contribution >= 0.6 is 0 Å². The second-order valence-electron chi connectivity index (χ2n) is 6.84. The van der Waals surface area contributed by atoms with Crippen LogP contribution in [0.5, 0.6) is 0 Å². The number of hydrogen-bond acceptors (Lipinski definition) is 3. The summed E-state index contributed by atoms with van der Waals surface area (Å²) >= 11 is 0. The number of likely N-dealkylation sites (tertiary alicyclic amines) is 1. The van der Waals surface area contributed by atoms with E-state index < -0.39 is 0 Å². The summed E-state index contributed by atoms with van der Waals surface area (Å²) in [5, 5.41) is 7.63. The van der Waals surface area contributed by atoms with Crippen LogP contribution in [0, 0.1) is 5.82 Å². The zero-order valence-corrected chi connectivity index (χ0v) is 15.0. The van der Waals surface area contributed by atoms with Crippen LogP contribution in [0.3, 0.4) is 0 Å². The Morgan fingerprint density at radius 2 is 1.81 bits per heavy atom. The highest BCUT2D eigenvalue weighted by Crippen LogP contribution is 2.32. The Bertz CT molecular complexity index is 925. The van der Waals surface area contributed by atoms with Gasteiger partial charge in [-0.25, -0.2) is 4.39 Å². The van der Waals surface area contributed by atoms with Crippen molar-refractivity contribution in [3.05, 3.63) is 78.1 Å². The third-order valence-electron chi connectivity index (χ3n) is 5.06. The lowest BCUT2D eigenvalue weighted by molar-refractivity contribution is 0.0680. The molecule has 1 aliphatic heterocycles. The van der Waals surface area contributed by atoms with Gasteiger partial charge in [-0.3, -0.25) is 9.36 Å². The van der Waals surface area contributed by atoms with Crippen molar-refractivity contribution >= 4 is 5.91 Å². The molecule has 0 bridgehead atoms. The predicted octanol–water partition coefficient (Wildman–Crippen LogP) is 4.16. The standard InChI is InChI=1S/C21H21FN4O/c22-18-8-4-6-16(12-18)20-10-2-1-3-11-26(20)21(27)17-7-5-9-19(13-17)25-14-23-24-15-25/h4-9,12-15,20H,1-3,10-11H2/t20-/m1/s1. The first kappa shape index (κ1) is 17.4. The molecule has 0 spiro atoms. The molecule has 2 aromatic carbocycles. The number of halogens is 1. The second kappa shape index (κ2) is 7.70. The molecular formula is C21H21FN4O. The normalized spacial score (nSPS) is 17.5. The molecule has 3 aromatic rings. The lowest BCUT2D eigenvalue weighted by atomic mass is 10.00. The monoisotopic (exact) mass is 364 g/mol. The average Bonchev–Trinajstić information content (AvgIpc) is 3.12. The molecule has 1 fully saturated rings. The van der Waals surface area contributed by atoms with Crippen molar-refractivity contribution in [2.24, 2.45) is 0 Å². The molecule has 0 saturated carbocycles. The molecule has 27 heavy (non-hydrogen) atoms. The van der Waals surface area contributed by atoms with Gasteiger partial charge < -0.3 is 4.90 Å². The summed E-state index contributed by atoms with van der Waals surface area (Å²) in [6.45, 7) is 0.677. The van der Waals surface area contributed by atoms with E-state index in [0.717, 1.165) is 36.9 Å². The van der Waals surface area contributed by atoms with Gasteiger partial charge in [-0.05, 0) is 48.7 Å². The van der Waals surface area contributed by atoms with Crippen LogP contribution in [-0.4, -0.2) is 32.1 Å². The average molecular weight is 364 g/mol. The summed E-state index contributed by atoms with van der Waals surface area (Å²) in [7, 11) is 0. The van der Waals surface area contributed by atoms with E-state index in [2.05, 4.69) is 10.2 Å². The van der Waals surface area contributed by atoms with E-state index in [1.54, 1.807) is 29.4 Å². The fourth-order valence-corrected chi connectivity index (χ4v) is 3.71. The van der Waals surface area contributed by atoms with Gasteiger partial charge in [-0.15, -0.1) is 10.2 Å². The SMILES string of the molecule is O=C(c1cccc(-n2cnnc2)c1)N1CCCCC[C@@H]1c1cccc(F)c1. The molecule has 0 N–H and O–H groups in total. The van der Waals surface area contributed by atoms with Gasteiger partial charge in [0.15, 0.2) is 0 Å². The summed E-state index contributed by atoms with van der Waals surface area (Å²) in [4.78, 5) is 15.2. The molecule has 0 aliphatic carbocycles. The molecule has 1 atom stereocenters. The Hall–Kier alpha value is -3.02. The quantitative estimate of drug-likeness (QED) is 0.701. The smallest absolute Gasteiger partial charge is 0.254 e. The second-order valence-corrected chi connectivity index (χ2v) is 6.84. The van der Waals surface area contributed by atoms with E-state index in [9.17, 15) is 9.18 Å². The van der Waals surface area contributed by atoms with Gasteiger partial charge in [-0.2, -0.15) is 0 Å². The molecule has 0 unspecified atom stereocenters. The zero-order valence-electron chi connectivity index (χ0n) is 15.0. The number of rotatable bonds is 3. The minimum Gasteiger partial charge on any atom is -0.332 e. The largest absolute Gasteiger partial charge is 0.332 e. The van der Waals surface area contributed by atoms with Crippen LogP contribution in [0.2, 0.25) is 0 Å². The van der Waals surface area contributed by atoms with Gasteiger partial charge in [0.1, 0.15) is 18.5 Å². The van der Waals surface area contributed by atoms with Crippen molar-refractivity contribution < 1.29 is 9.18 Å². The summed E-state index contributed by atoms with van der Waals surface area (Å²) in [5.74, 6) is -0.292. The van der Waals surface area contributed by atoms with E-state index >= 15 is 0 Å². The highest BCUT2D eigenvalue weighted by atomic mass is 19.1. The fourth-order valence-electron chi connectivity index (χ4n) is 3.71. The molecule has 2 heterocycles. The number of amides is 1. The maximum Gasteiger partial charge on any atom is 0.254 e. The Morgan fingerprint density at radius 3 is 2.63 bits per heavy atom. The van der Waals surface area contributed by atoms with Crippen LogP contribution in [0.4, 0.5) is 4.39 Å². The summed E-state index contributed by atoms with van der Waals surface area (Å²) in [6.07, 6.45) is 7.13. The Kier molecular flexibility index (Phi) is 4.96. The minimum atomic E-state index is -0.265. The van der Waals surface area contributed by atoms with E-state index in [0.29, 0.717) is 12.1 Å². The summed E-state index contributed by atoms with van der Waals surface area (Å²) in [6, 6.07) is 13.9. The highest BCUT2D eigenvalue weighted by molar-refractivity contribution is 5.95. The lowest BCUT2D eigenvalue weighted by Gasteiger charge is -2.31. The number of hydrogen-bond donors (Lipinski definition) is 0. The molecule has 6 heteroatoms. The zero-order chi connectivity index (χ0) is 18.6. The first-order valence-corrected chi connectivity index (χ1v) is 9.24. The molecule has 1 saturated heterocycles. The summed E-state index contributed by atoms with van der Waals surface area (Å²) in [5.41, 5.74) is 2.31. The van der Waals surface area contributed by atoms with Gasteiger partial charge in [-0.1, -0.05) is 31.0 Å². The Morgan fingerprint density at radius 1 is 1.00 bits per heavy atom. The van der Waals surface area contributed by atoms with Gasteiger partial charge in [0.05, 0.1) is 6.04 Å². The molecule has 0 radical (unpaired) electrons. The van der Waals surface area contributed by atoms with E-state index in [1.165, 1.54) is 6.07 Å². The third-order valence-corrected chi connectivity index (χ3v) is 5.06. The van der Waals surface area contributed by atoms with Crippen LogP contribution in [0.25, 0.3) is 5.69 Å². The Labute approximate surface area is 157 Å². The number of carbonyl (C=O) groups is 1. The number of carbonyl (C=O) groups excluding carboxylic acids is 1. The number of aromatic nitrogens is 3. The van der Waals surface area contributed by atoms with Crippen LogP contribution in [0.15, 0.2) is 61.2 Å². The van der Waals surface area contributed by atoms with Gasteiger partial charge >= 0.3 is 0 Å². The summed E-state index contributed by atoms with van der Waals surface area (Å²) < 4.78 is 15.5. The van der Waals surface area contributed by atoms with Crippen LogP contribution in [-0.2, 0) is 0 Å². The molecule has 5 nitrogen and oxygen atoms in total. The van der Waals surface area contributed by atoms with E-state index in [1.807, 2.05) is 35.2 Å². The maximum absolute atomic E-state index is 13.8. The molecule has 1 aromatic heterocycles. The number of nitrogens with zero attached hydrogens (tertiary/aromatic N) is 4. The molecule has 1 aliphatic rings. The van der Waals surface area contributed by atoms with E-state index in [-0.39, 0.29) is 17.8 Å². The van der Waals surface area contributed by atoms with Crippen molar-refractivity contribution in [1.29, 1.82) is 0 Å². The lowest BCUT2D eigenvalue weighted by Crippen LogP contribution is -2.35. The van der Waals surface area contributed by atoms with Crippen molar-refractivity contribution in [3.8, 4) is 5.69 Å². The van der Waals surface area contributed by atoms with Crippen LogP contribution in [0.1, 0.15) is 47.6 Å². The predicted molar refractivity (Wildman–Crippen MR) is 100 cm³/mol. The molecule has 1 amide bonds. The maximum atomic E-state index is 13.8. The van der Waals surface area contributed by atoms with Crippen LogP contribution < -0.4 is 0 Å². The van der Waals surface area contributed by atoms with Gasteiger partial charge in [0, 0.05) is 17.8 Å². The van der Waals surface area contributed by atoms with Crippen molar-refractivity contribution in [1.82, 2.24) is 19.7 Å². The van der Waals surface area contributed by atoms with E-state index in [4.69, 9.17) is 0 Å². The number of benzene rings is 2. The fraction of sp³-hybridized carbons (Fsp3) is 0.286. The third kappa shape index (κ3) is 3.74. The molecular weight excluding hydrogens is 343 g/mol. The first-order chi connectivity index (χ1) is 13.2. The first-order valence-electron chi connectivity index (χ1n) is 9.24. The Balaban J connectivity index is 1.67. The van der Waals surface area contributed by atoms with Crippen molar-refractivity contribution in [2.75, 3.05) is 6.54 Å². The highest BCUT2D eigenvalue weighted by Gasteiger charge is 2.28. The van der Waals surface area contributed by atoms with Crippen molar-refractivity contribution in [3.63, 3.8) is 0 Å². The molecule has 4 rings (SSSR count). The van der Waals surface area contributed by atoms with Gasteiger partial charge in [0.25, 0.3) is 5.91 Å². The topological polar surface area (TPSA) is 51.0 Å². The van der Waals surface area contributed by atoms with Gasteiger partial charge in [0.2, 0.25) is 0 Å².